The molecule has 0 aliphatic carbocycles. The lowest BCUT2D eigenvalue weighted by atomic mass is 10.0. The number of anilines is 1. The molecule has 1 aliphatic heterocycles. The number of benzene rings is 2. The van der Waals surface area contributed by atoms with Crippen LogP contribution in [0.25, 0.3) is 6.08 Å². The number of rotatable bonds is 5. The van der Waals surface area contributed by atoms with Gasteiger partial charge in [0.25, 0.3) is 11.8 Å². The summed E-state index contributed by atoms with van der Waals surface area (Å²) in [6.45, 7) is 5.19. The van der Waals surface area contributed by atoms with Gasteiger partial charge in [-0.05, 0) is 62.3 Å². The first-order valence-electron chi connectivity index (χ1n) is 9.17. The molecule has 0 spiro atoms. The highest BCUT2D eigenvalue weighted by molar-refractivity contribution is 7.80. The van der Waals surface area contributed by atoms with Crippen LogP contribution in [0.4, 0.5) is 5.69 Å². The van der Waals surface area contributed by atoms with Crippen LogP contribution in [0.3, 0.4) is 0 Å². The van der Waals surface area contributed by atoms with E-state index in [1.54, 1.807) is 30.3 Å². The van der Waals surface area contributed by atoms with Gasteiger partial charge in [-0.2, -0.15) is 0 Å². The molecule has 154 valence electrons. The number of carbonyl (C=O) groups is 3. The maximum atomic E-state index is 13.2. The Bertz CT molecular complexity index is 1090. The predicted octanol–water partition coefficient (Wildman–Crippen LogP) is 2.99. The number of para-hydroxylation sites is 1. The lowest BCUT2D eigenvalue weighted by Crippen LogP contribution is -2.54. The van der Waals surface area contributed by atoms with Crippen molar-refractivity contribution in [3.63, 3.8) is 0 Å². The molecule has 1 heterocycles. The number of aryl methyl sites for hydroxylation is 1. The Morgan fingerprint density at radius 3 is 2.57 bits per heavy atom. The maximum absolute atomic E-state index is 13.2. The summed E-state index contributed by atoms with van der Waals surface area (Å²) in [6.07, 6.45) is 0.279. The van der Waals surface area contributed by atoms with E-state index in [-0.39, 0.29) is 16.4 Å². The van der Waals surface area contributed by atoms with Crippen molar-refractivity contribution in [2.75, 3.05) is 4.90 Å². The number of aliphatic carboxylic acids is 1. The monoisotopic (exact) mass is 424 g/mol. The zero-order chi connectivity index (χ0) is 22.0. The van der Waals surface area contributed by atoms with Crippen molar-refractivity contribution >= 4 is 46.9 Å². The van der Waals surface area contributed by atoms with Gasteiger partial charge in [-0.15, -0.1) is 0 Å². The van der Waals surface area contributed by atoms with Crippen LogP contribution in [0.1, 0.15) is 23.6 Å². The minimum absolute atomic E-state index is 0.000107. The number of thiocarbonyl (C=S) groups is 1. The lowest BCUT2D eigenvalue weighted by Gasteiger charge is -2.30. The molecule has 2 N–H and O–H groups in total. The van der Waals surface area contributed by atoms with Crippen molar-refractivity contribution in [1.82, 2.24) is 5.32 Å². The summed E-state index contributed by atoms with van der Waals surface area (Å²) in [5, 5.41) is 11.6. The van der Waals surface area contributed by atoms with E-state index in [0.717, 1.165) is 11.1 Å². The predicted molar refractivity (Wildman–Crippen MR) is 116 cm³/mol. The van der Waals surface area contributed by atoms with Crippen LogP contribution in [0.15, 0.2) is 48.0 Å². The smallest absolute Gasteiger partial charge is 0.344 e. The van der Waals surface area contributed by atoms with Gasteiger partial charge in [0.05, 0.1) is 5.69 Å². The topological polar surface area (TPSA) is 95.9 Å². The largest absolute Gasteiger partial charge is 0.479 e. The van der Waals surface area contributed by atoms with Gasteiger partial charge in [0.2, 0.25) is 0 Å². The van der Waals surface area contributed by atoms with E-state index in [2.05, 4.69) is 5.32 Å². The Morgan fingerprint density at radius 1 is 1.17 bits per heavy atom. The standard InChI is InChI=1S/C22H20N2O5S/c1-12-7-6-9-17(13(12)2)24-20(26)16(19(25)23-22(24)30)11-15-8-4-5-10-18(15)29-14(3)21(27)28/h4-11,14H,1-3H3,(H,27,28)(H,23,25,30)/b16-11+/t14-/m0/s1. The van der Waals surface area contributed by atoms with E-state index in [9.17, 15) is 14.4 Å². The van der Waals surface area contributed by atoms with E-state index in [1.165, 1.54) is 17.9 Å². The van der Waals surface area contributed by atoms with Gasteiger partial charge in [0, 0.05) is 5.56 Å². The van der Waals surface area contributed by atoms with Crippen molar-refractivity contribution < 1.29 is 24.2 Å². The fraction of sp³-hybridized carbons (Fsp3) is 0.182. The van der Waals surface area contributed by atoms with Gasteiger partial charge in [-0.3, -0.25) is 19.8 Å². The molecule has 0 aromatic heterocycles. The number of carbonyl (C=O) groups excluding carboxylic acids is 2. The van der Waals surface area contributed by atoms with Crippen LogP contribution in [0.2, 0.25) is 0 Å². The second-order valence-electron chi connectivity index (χ2n) is 6.81. The average molecular weight is 424 g/mol. The third-order valence-corrected chi connectivity index (χ3v) is 5.07. The molecule has 0 radical (unpaired) electrons. The van der Waals surface area contributed by atoms with E-state index in [4.69, 9.17) is 22.1 Å². The van der Waals surface area contributed by atoms with Gasteiger partial charge in [-0.1, -0.05) is 30.3 Å². The number of carboxylic acids is 1. The van der Waals surface area contributed by atoms with Gasteiger partial charge < -0.3 is 9.84 Å². The number of nitrogens with zero attached hydrogens (tertiary/aromatic N) is 1. The molecule has 7 nitrogen and oxygen atoms in total. The van der Waals surface area contributed by atoms with Crippen molar-refractivity contribution in [2.45, 2.75) is 26.9 Å². The number of carboxylic acid groups (broad SMARTS) is 1. The van der Waals surface area contributed by atoms with E-state index >= 15 is 0 Å². The van der Waals surface area contributed by atoms with Gasteiger partial charge in [-0.25, -0.2) is 4.79 Å². The number of hydrogen-bond acceptors (Lipinski definition) is 5. The Labute approximate surface area is 179 Å². The van der Waals surface area contributed by atoms with E-state index in [1.807, 2.05) is 26.0 Å². The van der Waals surface area contributed by atoms with Crippen molar-refractivity contribution in [3.8, 4) is 5.75 Å². The average Bonchev–Trinajstić information content (AvgIpc) is 2.69. The first-order chi connectivity index (χ1) is 14.2. The van der Waals surface area contributed by atoms with Crippen molar-refractivity contribution in [3.05, 3.63) is 64.7 Å². The number of hydrogen-bond donors (Lipinski definition) is 2. The first-order valence-corrected chi connectivity index (χ1v) is 9.57. The highest BCUT2D eigenvalue weighted by Gasteiger charge is 2.35. The summed E-state index contributed by atoms with van der Waals surface area (Å²) < 4.78 is 5.46. The molecule has 3 rings (SSSR count). The van der Waals surface area contributed by atoms with E-state index < -0.39 is 23.9 Å². The van der Waals surface area contributed by atoms with Crippen LogP contribution >= 0.6 is 12.2 Å². The molecule has 2 aromatic rings. The summed E-state index contributed by atoms with van der Waals surface area (Å²) in [4.78, 5) is 38.2. The molecule has 30 heavy (non-hydrogen) atoms. The molecule has 2 aromatic carbocycles. The van der Waals surface area contributed by atoms with Gasteiger partial charge >= 0.3 is 5.97 Å². The maximum Gasteiger partial charge on any atom is 0.344 e. The molecule has 0 unspecified atom stereocenters. The van der Waals surface area contributed by atoms with Gasteiger partial charge in [0.1, 0.15) is 11.3 Å². The third kappa shape index (κ3) is 4.08. The molecule has 1 atom stereocenters. The van der Waals surface area contributed by atoms with Crippen LogP contribution < -0.4 is 15.0 Å². The summed E-state index contributed by atoms with van der Waals surface area (Å²) in [7, 11) is 0. The Morgan fingerprint density at radius 2 is 1.87 bits per heavy atom. The number of amides is 2. The summed E-state index contributed by atoms with van der Waals surface area (Å²) in [6, 6.07) is 12.1. The van der Waals surface area contributed by atoms with Crippen LogP contribution in [-0.4, -0.2) is 34.1 Å². The van der Waals surface area contributed by atoms with Crippen LogP contribution in [0.5, 0.6) is 5.75 Å². The summed E-state index contributed by atoms with van der Waals surface area (Å²) in [5.74, 6) is -2.09. The first kappa shape index (κ1) is 21.2. The normalized spacial score (nSPS) is 16.4. The Kier molecular flexibility index (Phi) is 5.98. The lowest BCUT2D eigenvalue weighted by molar-refractivity contribution is -0.144. The zero-order valence-corrected chi connectivity index (χ0v) is 17.4. The zero-order valence-electron chi connectivity index (χ0n) is 16.6. The molecule has 1 aliphatic rings. The molecule has 8 heteroatoms. The minimum atomic E-state index is -1.13. The highest BCUT2D eigenvalue weighted by atomic mass is 32.1. The molecule has 0 saturated carbocycles. The minimum Gasteiger partial charge on any atom is -0.479 e. The Hall–Kier alpha value is -3.52. The molecular weight excluding hydrogens is 404 g/mol. The highest BCUT2D eigenvalue weighted by Crippen LogP contribution is 2.28. The second kappa shape index (κ2) is 8.46. The fourth-order valence-corrected chi connectivity index (χ4v) is 3.23. The van der Waals surface area contributed by atoms with Crippen molar-refractivity contribution in [1.29, 1.82) is 0 Å². The number of ether oxygens (including phenoxy) is 1. The van der Waals surface area contributed by atoms with Gasteiger partial charge in [0.15, 0.2) is 11.2 Å². The Balaban J connectivity index is 2.04. The molecule has 2 amide bonds. The quantitative estimate of drug-likeness (QED) is 0.435. The summed E-state index contributed by atoms with van der Waals surface area (Å²) >= 11 is 5.25. The SMILES string of the molecule is Cc1cccc(N2C(=O)/C(=C/c3ccccc3O[C@@H](C)C(=O)O)C(=O)NC2=S)c1C. The van der Waals surface area contributed by atoms with E-state index in [0.29, 0.717) is 11.3 Å². The third-order valence-electron chi connectivity index (χ3n) is 4.79. The molecular formula is C22H20N2O5S. The second-order valence-corrected chi connectivity index (χ2v) is 7.20. The van der Waals surface area contributed by atoms with Crippen molar-refractivity contribution in [2.24, 2.45) is 0 Å². The fourth-order valence-electron chi connectivity index (χ4n) is 2.96. The molecule has 1 fully saturated rings. The molecule has 1 saturated heterocycles. The van der Waals surface area contributed by atoms with Crippen LogP contribution in [-0.2, 0) is 14.4 Å². The van der Waals surface area contributed by atoms with Crippen LogP contribution in [0, 0.1) is 13.8 Å². The summed E-state index contributed by atoms with van der Waals surface area (Å²) in [5.41, 5.74) is 2.69. The number of nitrogens with one attached hydrogen (secondary N) is 1. The molecule has 0 bridgehead atoms.